The van der Waals surface area contributed by atoms with Gasteiger partial charge < -0.3 is 5.32 Å². The Morgan fingerprint density at radius 1 is 0.984 bits per heavy atom. The summed E-state index contributed by atoms with van der Waals surface area (Å²) < 4.78 is 186. The van der Waals surface area contributed by atoms with Crippen LogP contribution in [0.25, 0.3) is 28.1 Å². The number of sulfonamides is 1. The Bertz CT molecular complexity index is 3030. The Morgan fingerprint density at radius 2 is 1.69 bits per heavy atom. The van der Waals surface area contributed by atoms with Crippen LogP contribution in [-0.2, 0) is 40.3 Å². The number of amides is 1. The lowest BCUT2D eigenvalue weighted by Gasteiger charge is -2.24. The minimum atomic E-state index is -5.07. The van der Waals surface area contributed by atoms with Crippen LogP contribution in [0.2, 0.25) is 5.02 Å². The number of carbonyl (C=O) groups excluding carboxylic acids is 1. The van der Waals surface area contributed by atoms with E-state index in [0.717, 1.165) is 36.5 Å². The third-order valence-electron chi connectivity index (χ3n) is 10.2. The highest BCUT2D eigenvalue weighted by molar-refractivity contribution is 7.92. The summed E-state index contributed by atoms with van der Waals surface area (Å²) >= 11 is 6.41. The van der Waals surface area contributed by atoms with E-state index in [1.54, 1.807) is 0 Å². The highest BCUT2D eigenvalue weighted by atomic mass is 35.5. The van der Waals surface area contributed by atoms with Crippen LogP contribution in [-0.4, -0.2) is 65.8 Å². The van der Waals surface area contributed by atoms with E-state index in [4.69, 9.17) is 11.6 Å². The van der Waals surface area contributed by atoms with Crippen LogP contribution < -0.4 is 15.6 Å². The summed E-state index contributed by atoms with van der Waals surface area (Å²) in [6.45, 7) is -3.14. The molecule has 0 unspecified atom stereocenters. The van der Waals surface area contributed by atoms with Crippen molar-refractivity contribution < 1.29 is 61.5 Å². The molecule has 64 heavy (non-hydrogen) atoms. The molecular formula is C37H26ClF11N10O4S. The van der Waals surface area contributed by atoms with Gasteiger partial charge in [0.15, 0.2) is 11.6 Å². The molecule has 2 aromatic carbocycles. The van der Waals surface area contributed by atoms with Crippen LogP contribution in [0.1, 0.15) is 65.3 Å². The van der Waals surface area contributed by atoms with Gasteiger partial charge in [-0.25, -0.2) is 49.7 Å². The average Bonchev–Trinajstić information content (AvgIpc) is 3.71. The second-order valence-electron chi connectivity index (χ2n) is 14.8. The predicted octanol–water partition coefficient (Wildman–Crippen LogP) is 7.29. The molecule has 0 radical (unpaired) electrons. The number of halogens is 12. The van der Waals surface area contributed by atoms with E-state index < -0.39 is 163 Å². The second-order valence-corrected chi connectivity index (χ2v) is 17.0. The molecule has 27 heteroatoms. The molecule has 8 rings (SSSR count). The number of aromatic nitrogens is 8. The minimum Gasteiger partial charge on any atom is -0.344 e. The van der Waals surface area contributed by atoms with Crippen LogP contribution in [0.3, 0.4) is 0 Å². The maximum absolute atomic E-state index is 15.5. The lowest BCUT2D eigenvalue weighted by Crippen LogP contribution is -2.38. The standard InChI is InChI=1S/C37H26ClF11N10O4S/c1-64(62,63)56-34-27-19(38)2-3-23(29(27)58(55-34)13-36(45,46)47)59-25(61)11-21(33-50-5-4-20(52-33)31(41)42)53-35(59)22(8-14-6-15(39)9-16(40)7-14)51-24(60)12-57-30-26(28(54-57)32(43)44)17-10-18(17)37(30,48)49/h2-7,9,11,17-18,22,31-32H,8,10,12-13H2,1H3,(H,51,60)(H,55,56)/t17-,18+,22-/m0/s1. The molecule has 1 saturated carbocycles. The fraction of sp³-hybridized carbons (Fsp3) is 0.324. The molecule has 1 amide bonds. The fourth-order valence-corrected chi connectivity index (χ4v) is 8.54. The summed E-state index contributed by atoms with van der Waals surface area (Å²) in [4.78, 5) is 40.4. The van der Waals surface area contributed by atoms with Gasteiger partial charge in [0.05, 0.1) is 33.9 Å². The Kier molecular flexibility index (Phi) is 11.0. The quantitative estimate of drug-likeness (QED) is 0.113. The van der Waals surface area contributed by atoms with Crippen molar-refractivity contribution in [2.45, 2.75) is 62.8 Å². The largest absolute Gasteiger partial charge is 0.408 e. The molecule has 1 fully saturated rings. The first-order chi connectivity index (χ1) is 29.9. The summed E-state index contributed by atoms with van der Waals surface area (Å²) in [7, 11) is -4.28. The first-order valence-corrected chi connectivity index (χ1v) is 20.7. The SMILES string of the molecule is CS(=O)(=O)Nc1nn(CC(F)(F)F)c2c(-n3c([C@H](Cc4cc(F)cc(F)c4)NC(=O)Cn4nc(C(F)F)c5c4C(F)(F)[C@@H]4C[C@H]54)nc(-c4nccc(C(F)F)n4)cc3=O)ccc(Cl)c12. The maximum Gasteiger partial charge on any atom is 0.408 e. The molecule has 2 aliphatic rings. The zero-order valence-electron chi connectivity index (χ0n) is 32.0. The van der Waals surface area contributed by atoms with Crippen molar-refractivity contribution in [2.24, 2.45) is 5.92 Å². The van der Waals surface area contributed by atoms with E-state index in [1.165, 1.54) is 0 Å². The highest BCUT2D eigenvalue weighted by Crippen LogP contribution is 2.68. The molecule has 0 aliphatic heterocycles. The summed E-state index contributed by atoms with van der Waals surface area (Å²) in [5, 5.41) is 8.83. The van der Waals surface area contributed by atoms with Gasteiger partial charge in [-0.05, 0) is 48.2 Å². The van der Waals surface area contributed by atoms with Crippen molar-refractivity contribution >= 4 is 44.3 Å². The van der Waals surface area contributed by atoms with E-state index in [1.807, 2.05) is 4.72 Å². The van der Waals surface area contributed by atoms with Crippen molar-refractivity contribution in [2.75, 3.05) is 11.0 Å². The number of benzene rings is 2. The van der Waals surface area contributed by atoms with Crippen molar-refractivity contribution in [1.82, 2.24) is 44.4 Å². The summed E-state index contributed by atoms with van der Waals surface area (Å²) in [6.07, 6.45) is -11.0. The fourth-order valence-electron chi connectivity index (χ4n) is 7.81. The Morgan fingerprint density at radius 3 is 2.33 bits per heavy atom. The number of hydrogen-bond donors (Lipinski definition) is 2. The number of fused-ring (bicyclic) bond motifs is 4. The highest BCUT2D eigenvalue weighted by Gasteiger charge is 2.67. The summed E-state index contributed by atoms with van der Waals surface area (Å²) in [5.41, 5.74) is -6.68. The van der Waals surface area contributed by atoms with Crippen molar-refractivity contribution in [3.05, 3.63) is 110 Å². The van der Waals surface area contributed by atoms with Gasteiger partial charge in [-0.1, -0.05) is 11.6 Å². The monoisotopic (exact) mass is 950 g/mol. The number of nitrogens with zero attached hydrogens (tertiary/aromatic N) is 8. The zero-order chi connectivity index (χ0) is 46.4. The Hall–Kier alpha value is -6.18. The Labute approximate surface area is 356 Å². The molecule has 0 bridgehead atoms. The number of carbonyl (C=O) groups is 1. The number of hydrogen-bond acceptors (Lipinski definition) is 9. The van der Waals surface area contributed by atoms with E-state index >= 15 is 8.78 Å². The molecule has 0 saturated heterocycles. The van der Waals surface area contributed by atoms with Crippen molar-refractivity contribution in [3.8, 4) is 17.2 Å². The predicted molar refractivity (Wildman–Crippen MR) is 202 cm³/mol. The summed E-state index contributed by atoms with van der Waals surface area (Å²) in [5.74, 6) is -11.8. The summed E-state index contributed by atoms with van der Waals surface area (Å²) in [6, 6.07) is 3.55. The van der Waals surface area contributed by atoms with Gasteiger partial charge in [0, 0.05) is 36.2 Å². The van der Waals surface area contributed by atoms with Gasteiger partial charge in [0.2, 0.25) is 15.9 Å². The van der Waals surface area contributed by atoms with Gasteiger partial charge in [0.1, 0.15) is 53.3 Å². The number of nitrogens with one attached hydrogen (secondary N) is 2. The number of rotatable bonds is 13. The topological polar surface area (TPSA) is 172 Å². The smallest absolute Gasteiger partial charge is 0.344 e. The third kappa shape index (κ3) is 8.46. The minimum absolute atomic E-state index is 0.112. The molecule has 4 aromatic heterocycles. The van der Waals surface area contributed by atoms with Gasteiger partial charge in [0.25, 0.3) is 24.3 Å². The molecule has 4 heterocycles. The molecule has 2 aliphatic carbocycles. The van der Waals surface area contributed by atoms with Crippen molar-refractivity contribution in [1.29, 1.82) is 0 Å². The van der Waals surface area contributed by atoms with Gasteiger partial charge >= 0.3 is 6.18 Å². The van der Waals surface area contributed by atoms with E-state index in [9.17, 15) is 57.5 Å². The molecule has 2 N–H and O–H groups in total. The number of anilines is 1. The molecule has 14 nitrogen and oxygen atoms in total. The molecule has 0 spiro atoms. The molecular weight excluding hydrogens is 925 g/mol. The van der Waals surface area contributed by atoms with Crippen LogP contribution >= 0.6 is 11.6 Å². The van der Waals surface area contributed by atoms with Crippen LogP contribution in [0.5, 0.6) is 0 Å². The van der Waals surface area contributed by atoms with Crippen molar-refractivity contribution in [3.63, 3.8) is 0 Å². The van der Waals surface area contributed by atoms with E-state index in [0.29, 0.717) is 27.6 Å². The van der Waals surface area contributed by atoms with Gasteiger partial charge in [-0.2, -0.15) is 32.1 Å². The Balaban J connectivity index is 1.36. The molecule has 338 valence electrons. The average molecular weight is 951 g/mol. The molecule has 6 aromatic rings. The lowest BCUT2D eigenvalue weighted by molar-refractivity contribution is -0.141. The van der Waals surface area contributed by atoms with Crippen LogP contribution in [0.15, 0.2) is 53.5 Å². The zero-order valence-corrected chi connectivity index (χ0v) is 33.6. The van der Waals surface area contributed by atoms with Crippen LogP contribution in [0.4, 0.5) is 54.1 Å². The van der Waals surface area contributed by atoms with Gasteiger partial charge in [-0.15, -0.1) is 0 Å². The van der Waals surface area contributed by atoms with E-state index in [2.05, 4.69) is 30.5 Å². The third-order valence-corrected chi connectivity index (χ3v) is 11.1. The number of alkyl halides is 9. The lowest BCUT2D eigenvalue weighted by atomic mass is 10.0. The first-order valence-electron chi connectivity index (χ1n) is 18.4. The van der Waals surface area contributed by atoms with Gasteiger partial charge in [-0.3, -0.25) is 28.2 Å². The maximum atomic E-state index is 15.5. The van der Waals surface area contributed by atoms with Crippen LogP contribution in [0, 0.1) is 17.6 Å². The van der Waals surface area contributed by atoms with E-state index in [-0.39, 0.29) is 16.7 Å². The normalized spacial score (nSPS) is 17.2. The molecule has 3 atom stereocenters. The second kappa shape index (κ2) is 15.8. The first kappa shape index (κ1) is 44.4.